The van der Waals surface area contributed by atoms with Gasteiger partial charge in [0.05, 0.1) is 13.2 Å². The second-order valence-electron chi connectivity index (χ2n) is 9.11. The zero-order valence-electron chi connectivity index (χ0n) is 20.7. The van der Waals surface area contributed by atoms with Gasteiger partial charge in [-0.25, -0.2) is 0 Å². The van der Waals surface area contributed by atoms with Gasteiger partial charge in [-0.3, -0.25) is 14.5 Å². The largest absolute Gasteiger partial charge is 0.489 e. The van der Waals surface area contributed by atoms with Crippen LogP contribution in [0.2, 0.25) is 0 Å². The molecule has 0 radical (unpaired) electrons. The van der Waals surface area contributed by atoms with Crippen molar-refractivity contribution in [3.05, 3.63) is 94.7 Å². The van der Waals surface area contributed by atoms with Crippen LogP contribution in [-0.4, -0.2) is 43.0 Å². The summed E-state index contributed by atoms with van der Waals surface area (Å²) in [5, 5.41) is 3.47. The number of hydrogen-bond donors (Lipinski definition) is 2. The van der Waals surface area contributed by atoms with Gasteiger partial charge in [0, 0.05) is 36.1 Å². The predicted molar refractivity (Wildman–Crippen MR) is 141 cm³/mol. The van der Waals surface area contributed by atoms with Gasteiger partial charge in [-0.1, -0.05) is 36.4 Å². The Morgan fingerprint density at radius 1 is 1.03 bits per heavy atom. The second kappa shape index (κ2) is 10.9. The molecule has 1 aliphatic heterocycles. The van der Waals surface area contributed by atoms with Crippen molar-refractivity contribution in [2.24, 2.45) is 5.73 Å². The SMILES string of the molecule is Cc1ccc2c(NC(=O)c3ccc(OCc4ccccc4)c(CN4CCOCC4)c3)c(C(N)=O)oc2c1. The van der Waals surface area contributed by atoms with Crippen LogP contribution in [0.1, 0.15) is 37.6 Å². The number of nitrogens with two attached hydrogens (primary N) is 1. The summed E-state index contributed by atoms with van der Waals surface area (Å²) < 4.78 is 17.3. The fourth-order valence-electron chi connectivity index (χ4n) is 4.41. The molecule has 2 amide bonds. The minimum absolute atomic E-state index is 0.0784. The number of anilines is 1. The number of nitrogens with one attached hydrogen (secondary N) is 1. The number of benzene rings is 3. The number of fused-ring (bicyclic) bond motifs is 1. The highest BCUT2D eigenvalue weighted by atomic mass is 16.5. The molecule has 3 aromatic carbocycles. The number of amides is 2. The Morgan fingerprint density at radius 3 is 2.57 bits per heavy atom. The van der Waals surface area contributed by atoms with Crippen LogP contribution in [0.5, 0.6) is 5.75 Å². The number of nitrogens with zero attached hydrogens (tertiary/aromatic N) is 1. The summed E-state index contributed by atoms with van der Waals surface area (Å²) in [5.74, 6) is -0.482. The summed E-state index contributed by atoms with van der Waals surface area (Å²) in [6, 6.07) is 20.8. The molecule has 1 saturated heterocycles. The summed E-state index contributed by atoms with van der Waals surface area (Å²) in [6.45, 7) is 5.90. The molecule has 0 unspecified atom stereocenters. The van der Waals surface area contributed by atoms with E-state index >= 15 is 0 Å². The summed E-state index contributed by atoms with van der Waals surface area (Å²) in [5.41, 5.74) is 9.66. The molecule has 37 heavy (non-hydrogen) atoms. The van der Waals surface area contributed by atoms with Crippen molar-refractivity contribution in [1.29, 1.82) is 0 Å². The van der Waals surface area contributed by atoms with E-state index in [0.29, 0.717) is 48.6 Å². The lowest BCUT2D eigenvalue weighted by Crippen LogP contribution is -2.35. The highest BCUT2D eigenvalue weighted by Crippen LogP contribution is 2.32. The van der Waals surface area contributed by atoms with Crippen molar-refractivity contribution in [2.45, 2.75) is 20.1 Å². The average Bonchev–Trinajstić information content (AvgIpc) is 3.26. The molecule has 4 aromatic rings. The van der Waals surface area contributed by atoms with E-state index in [1.807, 2.05) is 55.5 Å². The lowest BCUT2D eigenvalue weighted by Gasteiger charge is -2.27. The highest BCUT2D eigenvalue weighted by molar-refractivity contribution is 6.14. The number of carbonyl (C=O) groups is 2. The van der Waals surface area contributed by atoms with E-state index in [1.165, 1.54) is 0 Å². The predicted octanol–water partition coefficient (Wildman–Crippen LogP) is 4.50. The molecule has 0 spiro atoms. The number of aryl methyl sites for hydroxylation is 1. The summed E-state index contributed by atoms with van der Waals surface area (Å²) in [7, 11) is 0. The third-order valence-electron chi connectivity index (χ3n) is 6.37. The van der Waals surface area contributed by atoms with Crippen molar-refractivity contribution in [2.75, 3.05) is 31.6 Å². The van der Waals surface area contributed by atoms with Gasteiger partial charge in [0.1, 0.15) is 23.6 Å². The van der Waals surface area contributed by atoms with E-state index in [1.54, 1.807) is 18.2 Å². The maximum Gasteiger partial charge on any atom is 0.286 e. The van der Waals surface area contributed by atoms with Gasteiger partial charge in [0.2, 0.25) is 5.76 Å². The molecule has 5 rings (SSSR count). The first kappa shape index (κ1) is 24.5. The maximum atomic E-state index is 13.4. The van der Waals surface area contributed by atoms with Crippen LogP contribution in [0.3, 0.4) is 0 Å². The molecule has 0 atom stereocenters. The molecule has 0 saturated carbocycles. The van der Waals surface area contributed by atoms with E-state index in [-0.39, 0.29) is 17.4 Å². The lowest BCUT2D eigenvalue weighted by molar-refractivity contribution is 0.0337. The van der Waals surface area contributed by atoms with E-state index < -0.39 is 5.91 Å². The zero-order valence-corrected chi connectivity index (χ0v) is 20.7. The molecule has 1 fully saturated rings. The molecule has 190 valence electrons. The third kappa shape index (κ3) is 5.66. The summed E-state index contributed by atoms with van der Waals surface area (Å²) in [4.78, 5) is 27.7. The summed E-state index contributed by atoms with van der Waals surface area (Å²) in [6.07, 6.45) is 0. The number of carbonyl (C=O) groups excluding carboxylic acids is 2. The summed E-state index contributed by atoms with van der Waals surface area (Å²) >= 11 is 0. The van der Waals surface area contributed by atoms with E-state index in [0.717, 1.165) is 29.8 Å². The Labute approximate surface area is 214 Å². The molecule has 0 aliphatic carbocycles. The Balaban J connectivity index is 1.43. The van der Waals surface area contributed by atoms with Crippen LogP contribution >= 0.6 is 0 Å². The first-order chi connectivity index (χ1) is 18.0. The fraction of sp³-hybridized carbons (Fsp3) is 0.241. The number of hydrogen-bond acceptors (Lipinski definition) is 6. The zero-order chi connectivity index (χ0) is 25.8. The van der Waals surface area contributed by atoms with Gasteiger partial charge in [-0.2, -0.15) is 0 Å². The smallest absolute Gasteiger partial charge is 0.286 e. The standard InChI is InChI=1S/C29H29N3O5/c1-19-7-9-23-25(15-19)37-27(28(30)33)26(23)31-29(34)21-8-10-24(36-18-20-5-3-2-4-6-20)22(16-21)17-32-11-13-35-14-12-32/h2-10,15-16H,11-14,17-18H2,1H3,(H2,30,33)(H,31,34). The molecule has 2 heterocycles. The molecular formula is C29H29N3O5. The molecule has 8 nitrogen and oxygen atoms in total. The van der Waals surface area contributed by atoms with Gasteiger partial charge in [0.25, 0.3) is 11.8 Å². The molecule has 1 aliphatic rings. The maximum absolute atomic E-state index is 13.4. The second-order valence-corrected chi connectivity index (χ2v) is 9.11. The Morgan fingerprint density at radius 2 is 1.81 bits per heavy atom. The fourth-order valence-corrected chi connectivity index (χ4v) is 4.41. The van der Waals surface area contributed by atoms with Crippen molar-refractivity contribution in [3.8, 4) is 5.75 Å². The van der Waals surface area contributed by atoms with Crippen LogP contribution in [-0.2, 0) is 17.9 Å². The lowest BCUT2D eigenvalue weighted by atomic mass is 10.1. The van der Waals surface area contributed by atoms with Crippen LogP contribution in [0.25, 0.3) is 11.0 Å². The molecule has 8 heteroatoms. The first-order valence-electron chi connectivity index (χ1n) is 12.2. The Bertz CT molecular complexity index is 1420. The average molecular weight is 500 g/mol. The van der Waals surface area contributed by atoms with Gasteiger partial charge < -0.3 is 24.9 Å². The number of morpholine rings is 1. The quantitative estimate of drug-likeness (QED) is 0.370. The molecular weight excluding hydrogens is 470 g/mol. The molecule has 0 bridgehead atoms. The molecule has 3 N–H and O–H groups in total. The first-order valence-corrected chi connectivity index (χ1v) is 12.2. The van der Waals surface area contributed by atoms with Gasteiger partial charge in [-0.15, -0.1) is 0 Å². The number of furan rings is 1. The molecule has 1 aromatic heterocycles. The van der Waals surface area contributed by atoms with E-state index in [2.05, 4.69) is 10.2 Å². The Kier molecular flexibility index (Phi) is 7.20. The van der Waals surface area contributed by atoms with Crippen LogP contribution in [0.4, 0.5) is 5.69 Å². The monoisotopic (exact) mass is 499 g/mol. The van der Waals surface area contributed by atoms with Crippen molar-refractivity contribution in [3.63, 3.8) is 0 Å². The van der Waals surface area contributed by atoms with E-state index in [9.17, 15) is 9.59 Å². The highest BCUT2D eigenvalue weighted by Gasteiger charge is 2.22. The van der Waals surface area contributed by atoms with Crippen LogP contribution < -0.4 is 15.8 Å². The number of ether oxygens (including phenoxy) is 2. The minimum atomic E-state index is -0.748. The van der Waals surface area contributed by atoms with Crippen molar-refractivity contribution >= 4 is 28.5 Å². The normalized spacial score (nSPS) is 14.0. The van der Waals surface area contributed by atoms with Crippen molar-refractivity contribution in [1.82, 2.24) is 4.90 Å². The van der Waals surface area contributed by atoms with Gasteiger partial charge >= 0.3 is 0 Å². The van der Waals surface area contributed by atoms with Crippen molar-refractivity contribution < 1.29 is 23.5 Å². The van der Waals surface area contributed by atoms with Gasteiger partial charge in [0.15, 0.2) is 0 Å². The number of rotatable bonds is 8. The van der Waals surface area contributed by atoms with Crippen LogP contribution in [0, 0.1) is 6.92 Å². The minimum Gasteiger partial charge on any atom is -0.489 e. The Hall–Kier alpha value is -4.14. The van der Waals surface area contributed by atoms with Gasteiger partial charge in [-0.05, 0) is 48.4 Å². The number of primary amides is 1. The van der Waals surface area contributed by atoms with E-state index in [4.69, 9.17) is 19.6 Å². The topological polar surface area (TPSA) is 107 Å². The van der Waals surface area contributed by atoms with Crippen LogP contribution in [0.15, 0.2) is 71.1 Å². The third-order valence-corrected chi connectivity index (χ3v) is 6.37.